The smallest absolute Gasteiger partial charge is 0.236 e. The van der Waals surface area contributed by atoms with Crippen LogP contribution in [0.15, 0.2) is 24.3 Å². The lowest BCUT2D eigenvalue weighted by atomic mass is 10.2. The van der Waals surface area contributed by atoms with Crippen LogP contribution < -0.4 is 11.1 Å². The summed E-state index contributed by atoms with van der Waals surface area (Å²) in [6, 6.07) is 6.83. The van der Waals surface area contributed by atoms with E-state index < -0.39 is 6.04 Å². The second kappa shape index (κ2) is 6.67. The lowest BCUT2D eigenvalue weighted by Gasteiger charge is -2.07. The van der Waals surface area contributed by atoms with Crippen molar-refractivity contribution in [3.8, 4) is 0 Å². The average molecular weight is 249 g/mol. The normalized spacial score (nSPS) is 11.4. The van der Waals surface area contributed by atoms with Gasteiger partial charge in [-0.1, -0.05) is 23.7 Å². The number of carbonyl (C=O) groups excluding carboxylic acids is 1. The zero-order valence-corrected chi connectivity index (χ0v) is 9.94. The summed E-state index contributed by atoms with van der Waals surface area (Å²) in [6.45, 7) is 2.13. The summed E-state index contributed by atoms with van der Waals surface area (Å²) in [5.74, 6) is -0.153. The Morgan fingerprint density at radius 2 is 2.00 bits per heavy atom. The van der Waals surface area contributed by atoms with Gasteiger partial charge in [-0.05, 0) is 24.6 Å². The topological polar surface area (TPSA) is 55.1 Å². The number of nitrogens with one attached hydrogen (secondary N) is 1. The quantitative estimate of drug-likeness (QED) is 0.857. The molecule has 0 aromatic heterocycles. The van der Waals surface area contributed by atoms with Gasteiger partial charge in [0.25, 0.3) is 0 Å². The van der Waals surface area contributed by atoms with E-state index in [0.29, 0.717) is 11.6 Å². The third-order valence-corrected chi connectivity index (χ3v) is 2.05. The largest absolute Gasteiger partial charge is 0.351 e. The third kappa shape index (κ3) is 5.02. The van der Waals surface area contributed by atoms with Crippen LogP contribution >= 0.6 is 24.0 Å². The van der Waals surface area contributed by atoms with Crippen LogP contribution in [0.4, 0.5) is 0 Å². The Bertz CT molecular complexity index is 312. The molecule has 0 heterocycles. The van der Waals surface area contributed by atoms with E-state index in [1.807, 2.05) is 12.1 Å². The Hall–Kier alpha value is -0.770. The fourth-order valence-electron chi connectivity index (χ4n) is 0.952. The molecule has 0 unspecified atom stereocenters. The van der Waals surface area contributed by atoms with E-state index in [0.717, 1.165) is 5.56 Å². The molecule has 0 saturated heterocycles. The minimum Gasteiger partial charge on any atom is -0.351 e. The van der Waals surface area contributed by atoms with Gasteiger partial charge in [-0.15, -0.1) is 12.4 Å². The number of hydrogen-bond donors (Lipinski definition) is 2. The van der Waals surface area contributed by atoms with Gasteiger partial charge in [0.15, 0.2) is 0 Å². The number of benzene rings is 1. The number of nitrogens with two attached hydrogens (primary N) is 1. The molecule has 0 aliphatic rings. The summed E-state index contributed by atoms with van der Waals surface area (Å²) in [5, 5.41) is 3.40. The minimum absolute atomic E-state index is 0. The molecule has 1 rings (SSSR count). The Morgan fingerprint density at radius 3 is 2.47 bits per heavy atom. The highest BCUT2D eigenvalue weighted by Crippen LogP contribution is 2.08. The molecule has 0 bridgehead atoms. The van der Waals surface area contributed by atoms with Gasteiger partial charge in [0.1, 0.15) is 0 Å². The molecule has 0 fully saturated rings. The van der Waals surface area contributed by atoms with Crippen LogP contribution in [0.2, 0.25) is 5.02 Å². The maximum Gasteiger partial charge on any atom is 0.236 e. The zero-order chi connectivity index (χ0) is 10.6. The highest BCUT2D eigenvalue weighted by atomic mass is 35.5. The highest BCUT2D eigenvalue weighted by Gasteiger charge is 2.05. The summed E-state index contributed by atoms with van der Waals surface area (Å²) < 4.78 is 0. The third-order valence-electron chi connectivity index (χ3n) is 1.79. The van der Waals surface area contributed by atoms with Crippen LogP contribution in [0.1, 0.15) is 12.5 Å². The molecule has 3 nitrogen and oxygen atoms in total. The Labute approximate surface area is 100 Å². The molecule has 0 radical (unpaired) electrons. The van der Waals surface area contributed by atoms with Crippen molar-refractivity contribution in [2.24, 2.45) is 5.73 Å². The average Bonchev–Trinajstić information content (AvgIpc) is 2.16. The van der Waals surface area contributed by atoms with Crippen LogP contribution in [0.5, 0.6) is 0 Å². The van der Waals surface area contributed by atoms with Crippen LogP contribution in [0.25, 0.3) is 0 Å². The SMILES string of the molecule is C[C@@H](N)C(=O)NCc1ccc(Cl)cc1.Cl. The van der Waals surface area contributed by atoms with Gasteiger partial charge in [-0.2, -0.15) is 0 Å². The number of hydrogen-bond acceptors (Lipinski definition) is 2. The predicted octanol–water partition coefficient (Wildman–Crippen LogP) is 1.73. The fraction of sp³-hybridized carbons (Fsp3) is 0.300. The van der Waals surface area contributed by atoms with Crippen molar-refractivity contribution in [1.82, 2.24) is 5.32 Å². The maximum absolute atomic E-state index is 11.1. The van der Waals surface area contributed by atoms with E-state index in [4.69, 9.17) is 17.3 Å². The van der Waals surface area contributed by atoms with Crippen molar-refractivity contribution in [3.63, 3.8) is 0 Å². The molecule has 3 N–H and O–H groups in total. The van der Waals surface area contributed by atoms with Crippen molar-refractivity contribution >= 4 is 29.9 Å². The summed E-state index contributed by atoms with van der Waals surface area (Å²) in [6.07, 6.45) is 0. The first-order valence-electron chi connectivity index (χ1n) is 4.37. The molecule has 84 valence electrons. The van der Waals surface area contributed by atoms with Crippen molar-refractivity contribution in [2.45, 2.75) is 19.5 Å². The summed E-state index contributed by atoms with van der Waals surface area (Å²) in [5.41, 5.74) is 6.39. The van der Waals surface area contributed by atoms with Crippen LogP contribution in [-0.2, 0) is 11.3 Å². The summed E-state index contributed by atoms with van der Waals surface area (Å²) in [4.78, 5) is 11.1. The van der Waals surface area contributed by atoms with Crippen molar-refractivity contribution in [3.05, 3.63) is 34.9 Å². The molecule has 15 heavy (non-hydrogen) atoms. The van der Waals surface area contributed by atoms with E-state index in [2.05, 4.69) is 5.32 Å². The lowest BCUT2D eigenvalue weighted by molar-refractivity contribution is -0.122. The number of rotatable bonds is 3. The second-order valence-corrected chi connectivity index (χ2v) is 3.57. The fourth-order valence-corrected chi connectivity index (χ4v) is 1.08. The van der Waals surface area contributed by atoms with Gasteiger partial charge in [-0.3, -0.25) is 4.79 Å². The predicted molar refractivity (Wildman–Crippen MR) is 64.2 cm³/mol. The molecule has 0 aliphatic carbocycles. The number of halogens is 2. The second-order valence-electron chi connectivity index (χ2n) is 3.13. The first-order chi connectivity index (χ1) is 6.59. The van der Waals surface area contributed by atoms with Crippen LogP contribution in [-0.4, -0.2) is 11.9 Å². The first-order valence-corrected chi connectivity index (χ1v) is 4.75. The van der Waals surface area contributed by atoms with E-state index in [-0.39, 0.29) is 18.3 Å². The Morgan fingerprint density at radius 1 is 1.47 bits per heavy atom. The molecule has 1 aromatic rings. The molecular weight excluding hydrogens is 235 g/mol. The van der Waals surface area contributed by atoms with Crippen molar-refractivity contribution in [2.75, 3.05) is 0 Å². The van der Waals surface area contributed by atoms with E-state index in [9.17, 15) is 4.79 Å². The van der Waals surface area contributed by atoms with Crippen LogP contribution in [0.3, 0.4) is 0 Å². The van der Waals surface area contributed by atoms with Gasteiger partial charge < -0.3 is 11.1 Å². The molecular formula is C10H14Cl2N2O. The summed E-state index contributed by atoms with van der Waals surface area (Å²) >= 11 is 5.72. The lowest BCUT2D eigenvalue weighted by Crippen LogP contribution is -2.37. The van der Waals surface area contributed by atoms with Gasteiger partial charge in [0.2, 0.25) is 5.91 Å². The standard InChI is InChI=1S/C10H13ClN2O.ClH/c1-7(12)10(14)13-6-8-2-4-9(11)5-3-8;/h2-5,7H,6,12H2,1H3,(H,13,14);1H/t7-;/m1./s1. The molecule has 5 heteroatoms. The van der Waals surface area contributed by atoms with E-state index in [1.54, 1.807) is 19.1 Å². The molecule has 0 aliphatic heterocycles. The molecule has 1 aromatic carbocycles. The van der Waals surface area contributed by atoms with Gasteiger partial charge >= 0.3 is 0 Å². The zero-order valence-electron chi connectivity index (χ0n) is 8.37. The Kier molecular flexibility index (Phi) is 6.32. The Balaban J connectivity index is 0.00000196. The molecule has 1 atom stereocenters. The maximum atomic E-state index is 11.1. The van der Waals surface area contributed by atoms with Gasteiger partial charge in [0.05, 0.1) is 6.04 Å². The van der Waals surface area contributed by atoms with E-state index in [1.165, 1.54) is 0 Å². The molecule has 0 spiro atoms. The first kappa shape index (κ1) is 14.2. The van der Waals surface area contributed by atoms with Crippen molar-refractivity contribution in [1.29, 1.82) is 0 Å². The number of amides is 1. The molecule has 1 amide bonds. The van der Waals surface area contributed by atoms with E-state index >= 15 is 0 Å². The highest BCUT2D eigenvalue weighted by molar-refractivity contribution is 6.30. The van der Waals surface area contributed by atoms with Crippen molar-refractivity contribution < 1.29 is 4.79 Å². The van der Waals surface area contributed by atoms with Gasteiger partial charge in [-0.25, -0.2) is 0 Å². The number of carbonyl (C=O) groups is 1. The molecule has 0 saturated carbocycles. The van der Waals surface area contributed by atoms with Gasteiger partial charge in [0, 0.05) is 11.6 Å². The monoisotopic (exact) mass is 248 g/mol. The summed E-state index contributed by atoms with van der Waals surface area (Å²) in [7, 11) is 0. The van der Waals surface area contributed by atoms with Crippen LogP contribution in [0, 0.1) is 0 Å². The minimum atomic E-state index is -0.470.